The van der Waals surface area contributed by atoms with E-state index in [2.05, 4.69) is 0 Å². The van der Waals surface area contributed by atoms with Gasteiger partial charge in [-0.25, -0.2) is 4.79 Å². The van der Waals surface area contributed by atoms with E-state index in [1.54, 1.807) is 18.9 Å². The number of hydrogen-bond acceptors (Lipinski definition) is 4. The molecule has 0 aromatic heterocycles. The van der Waals surface area contributed by atoms with Crippen LogP contribution in [0.1, 0.15) is 43.4 Å². The van der Waals surface area contributed by atoms with Gasteiger partial charge < -0.3 is 14.4 Å². The topological polar surface area (TPSA) is 55.8 Å². The molecule has 1 fully saturated rings. The molecule has 2 aromatic carbocycles. The Hall–Kier alpha value is -2.82. The first kappa shape index (κ1) is 19.0. The number of rotatable bonds is 6. The van der Waals surface area contributed by atoms with Gasteiger partial charge in [0.2, 0.25) is 5.91 Å². The van der Waals surface area contributed by atoms with Crippen LogP contribution in [0.5, 0.6) is 5.75 Å². The summed E-state index contributed by atoms with van der Waals surface area (Å²) >= 11 is 0. The fourth-order valence-corrected chi connectivity index (χ4v) is 3.76. The minimum atomic E-state index is -0.628. The molecular weight excluding hydrogens is 342 g/mol. The summed E-state index contributed by atoms with van der Waals surface area (Å²) in [5, 5.41) is 0. The van der Waals surface area contributed by atoms with Crippen LogP contribution < -0.4 is 4.74 Å². The van der Waals surface area contributed by atoms with Crippen molar-refractivity contribution in [3.8, 4) is 5.75 Å². The fraction of sp³-hybridized carbons (Fsp3) is 0.364. The van der Waals surface area contributed by atoms with Gasteiger partial charge in [-0.15, -0.1) is 0 Å². The lowest BCUT2D eigenvalue weighted by Crippen LogP contribution is -2.43. The number of methoxy groups -OCH3 is 1. The van der Waals surface area contributed by atoms with E-state index in [-0.39, 0.29) is 30.4 Å². The van der Waals surface area contributed by atoms with Crippen LogP contribution in [0.3, 0.4) is 0 Å². The highest BCUT2D eigenvalue weighted by molar-refractivity contribution is 5.90. The summed E-state index contributed by atoms with van der Waals surface area (Å²) in [6, 6.07) is 16.4. The Morgan fingerprint density at radius 3 is 2.41 bits per heavy atom. The van der Waals surface area contributed by atoms with Gasteiger partial charge in [0.1, 0.15) is 11.8 Å². The molecule has 1 aliphatic heterocycles. The normalized spacial score (nSPS) is 20.4. The third kappa shape index (κ3) is 3.82. The average molecular weight is 367 g/mol. The first-order valence-corrected chi connectivity index (χ1v) is 9.23. The highest BCUT2D eigenvalue weighted by Gasteiger charge is 2.47. The number of benzene rings is 2. The molecule has 3 atom stereocenters. The maximum absolute atomic E-state index is 12.9. The van der Waals surface area contributed by atoms with Crippen LogP contribution in [0.15, 0.2) is 54.6 Å². The van der Waals surface area contributed by atoms with Crippen molar-refractivity contribution in [1.29, 1.82) is 0 Å². The summed E-state index contributed by atoms with van der Waals surface area (Å²) < 4.78 is 10.5. The number of carbonyl (C=O) groups excluding carboxylic acids is 2. The lowest BCUT2D eigenvalue weighted by Gasteiger charge is -2.32. The lowest BCUT2D eigenvalue weighted by atomic mass is 9.91. The maximum Gasteiger partial charge on any atom is 0.329 e. The number of amides is 1. The summed E-state index contributed by atoms with van der Waals surface area (Å²) in [5.74, 6) is 0.157. The van der Waals surface area contributed by atoms with E-state index in [9.17, 15) is 9.59 Å². The molecule has 5 nitrogen and oxygen atoms in total. The molecule has 142 valence electrons. The molecule has 5 heteroatoms. The number of hydrogen-bond donors (Lipinski definition) is 0. The van der Waals surface area contributed by atoms with Gasteiger partial charge in [-0.3, -0.25) is 4.79 Å². The number of ether oxygens (including phenoxy) is 2. The molecule has 2 aromatic rings. The van der Waals surface area contributed by atoms with Gasteiger partial charge in [0.15, 0.2) is 0 Å². The standard InChI is InChI=1S/C22H25NO4/c1-4-27-22(25)21-19(17-8-6-5-7-9-17)14-20(24)23(21)15(2)16-10-12-18(26-3)13-11-16/h5-13,15,19,21H,4,14H2,1-3H3/t15-,19-,21-/m1/s1. The molecule has 0 unspecified atom stereocenters. The van der Waals surface area contributed by atoms with Crippen LogP contribution in [-0.2, 0) is 14.3 Å². The van der Waals surface area contributed by atoms with Crippen molar-refractivity contribution in [2.24, 2.45) is 0 Å². The molecule has 0 aliphatic carbocycles. The molecule has 1 heterocycles. The molecule has 1 aliphatic rings. The first-order valence-electron chi connectivity index (χ1n) is 9.23. The highest BCUT2D eigenvalue weighted by Crippen LogP contribution is 2.40. The van der Waals surface area contributed by atoms with Crippen molar-refractivity contribution in [1.82, 2.24) is 4.90 Å². The molecule has 1 amide bonds. The van der Waals surface area contributed by atoms with Gasteiger partial charge in [0.25, 0.3) is 0 Å². The zero-order valence-corrected chi connectivity index (χ0v) is 15.9. The summed E-state index contributed by atoms with van der Waals surface area (Å²) in [5.41, 5.74) is 1.93. The zero-order chi connectivity index (χ0) is 19.4. The lowest BCUT2D eigenvalue weighted by molar-refractivity contribution is -0.153. The van der Waals surface area contributed by atoms with Crippen molar-refractivity contribution in [2.75, 3.05) is 13.7 Å². The summed E-state index contributed by atoms with van der Waals surface area (Å²) in [6.07, 6.45) is 0.300. The SMILES string of the molecule is CCOC(=O)[C@H]1[C@@H](c2ccccc2)CC(=O)N1[C@H](C)c1ccc(OC)cc1. The van der Waals surface area contributed by atoms with Crippen molar-refractivity contribution in [3.05, 3.63) is 65.7 Å². The van der Waals surface area contributed by atoms with Gasteiger partial charge in [-0.1, -0.05) is 42.5 Å². The fourth-order valence-electron chi connectivity index (χ4n) is 3.76. The molecule has 0 N–H and O–H groups in total. The quantitative estimate of drug-likeness (QED) is 0.731. The van der Waals surface area contributed by atoms with Gasteiger partial charge in [0.05, 0.1) is 19.8 Å². The second kappa shape index (κ2) is 8.25. The van der Waals surface area contributed by atoms with Crippen molar-refractivity contribution in [3.63, 3.8) is 0 Å². The molecule has 27 heavy (non-hydrogen) atoms. The Bertz CT molecular complexity index is 788. The third-order valence-electron chi connectivity index (χ3n) is 5.13. The van der Waals surface area contributed by atoms with Gasteiger partial charge in [0, 0.05) is 12.3 Å². The molecular formula is C22H25NO4. The maximum atomic E-state index is 12.9. The minimum Gasteiger partial charge on any atom is -0.497 e. The van der Waals surface area contributed by atoms with Crippen LogP contribution in [-0.4, -0.2) is 36.5 Å². The van der Waals surface area contributed by atoms with Crippen LogP contribution in [0.4, 0.5) is 0 Å². The average Bonchev–Trinajstić information content (AvgIpc) is 3.05. The Labute approximate surface area is 159 Å². The van der Waals surface area contributed by atoms with Gasteiger partial charge in [-0.05, 0) is 37.1 Å². The van der Waals surface area contributed by atoms with Crippen molar-refractivity contribution >= 4 is 11.9 Å². The van der Waals surface area contributed by atoms with Crippen LogP contribution in [0.2, 0.25) is 0 Å². The monoisotopic (exact) mass is 367 g/mol. The molecule has 1 saturated heterocycles. The van der Waals surface area contributed by atoms with Crippen molar-refractivity contribution in [2.45, 2.75) is 38.3 Å². The first-order chi connectivity index (χ1) is 13.1. The van der Waals surface area contributed by atoms with E-state index >= 15 is 0 Å². The number of nitrogens with zero attached hydrogens (tertiary/aromatic N) is 1. The van der Waals surface area contributed by atoms with E-state index in [0.29, 0.717) is 6.42 Å². The number of esters is 1. The Morgan fingerprint density at radius 2 is 1.81 bits per heavy atom. The highest BCUT2D eigenvalue weighted by atomic mass is 16.5. The zero-order valence-electron chi connectivity index (χ0n) is 15.9. The largest absolute Gasteiger partial charge is 0.497 e. The molecule has 0 bridgehead atoms. The van der Waals surface area contributed by atoms with Crippen molar-refractivity contribution < 1.29 is 19.1 Å². The molecule has 0 spiro atoms. The summed E-state index contributed by atoms with van der Waals surface area (Å²) in [6.45, 7) is 4.01. The van der Waals surface area contributed by atoms with E-state index in [1.165, 1.54) is 0 Å². The summed E-state index contributed by atoms with van der Waals surface area (Å²) in [7, 11) is 1.61. The van der Waals surface area contributed by atoms with Crippen LogP contribution in [0, 0.1) is 0 Å². The van der Waals surface area contributed by atoms with Crippen LogP contribution >= 0.6 is 0 Å². The molecule has 0 radical (unpaired) electrons. The van der Waals surface area contributed by atoms with E-state index < -0.39 is 6.04 Å². The van der Waals surface area contributed by atoms with E-state index in [0.717, 1.165) is 16.9 Å². The summed E-state index contributed by atoms with van der Waals surface area (Å²) in [4.78, 5) is 27.4. The van der Waals surface area contributed by atoms with E-state index in [4.69, 9.17) is 9.47 Å². The second-order valence-corrected chi connectivity index (χ2v) is 6.67. The smallest absolute Gasteiger partial charge is 0.329 e. The number of carbonyl (C=O) groups is 2. The third-order valence-corrected chi connectivity index (χ3v) is 5.13. The Balaban J connectivity index is 1.95. The van der Waals surface area contributed by atoms with Crippen LogP contribution in [0.25, 0.3) is 0 Å². The Morgan fingerprint density at radius 1 is 1.15 bits per heavy atom. The predicted molar refractivity (Wildman–Crippen MR) is 102 cm³/mol. The molecule has 3 rings (SSSR count). The number of likely N-dealkylation sites (tertiary alicyclic amines) is 1. The predicted octanol–water partition coefficient (Wildman–Crippen LogP) is 3.70. The van der Waals surface area contributed by atoms with E-state index in [1.807, 2.05) is 61.5 Å². The second-order valence-electron chi connectivity index (χ2n) is 6.67. The van der Waals surface area contributed by atoms with Gasteiger partial charge in [-0.2, -0.15) is 0 Å². The van der Waals surface area contributed by atoms with Gasteiger partial charge >= 0.3 is 5.97 Å². The molecule has 0 saturated carbocycles. The minimum absolute atomic E-state index is 0.0368. The Kier molecular flexibility index (Phi) is 5.79.